The highest BCUT2D eigenvalue weighted by molar-refractivity contribution is 5.82. The number of nitrogens with one attached hydrogen (secondary N) is 1. The van der Waals surface area contributed by atoms with E-state index >= 15 is 0 Å². The molecule has 36 heavy (non-hydrogen) atoms. The highest BCUT2D eigenvalue weighted by Gasteiger charge is 2.37. The quantitative estimate of drug-likeness (QED) is 0.473. The van der Waals surface area contributed by atoms with Crippen molar-refractivity contribution < 1.29 is 0 Å². The molecule has 2 aliphatic rings. The van der Waals surface area contributed by atoms with Crippen molar-refractivity contribution >= 4 is 35.2 Å². The topological polar surface area (TPSA) is 15.8 Å². The molecule has 1 heteroatoms. The first kappa shape index (κ1) is 24.4. The minimum Gasteiger partial charge on any atom is -0.355 e. The van der Waals surface area contributed by atoms with E-state index in [0.29, 0.717) is 11.8 Å². The molecule has 0 radical (unpaired) electrons. The van der Waals surface area contributed by atoms with Crippen molar-refractivity contribution in [2.24, 2.45) is 22.7 Å². The number of rotatable bonds is 3. The molecule has 3 aromatic rings. The molecule has 0 amide bonds. The lowest BCUT2D eigenvalue weighted by Crippen LogP contribution is -2.40. The van der Waals surface area contributed by atoms with Gasteiger partial charge in [0.1, 0.15) is 0 Å². The summed E-state index contributed by atoms with van der Waals surface area (Å²) in [5.74, 6) is 1.06. The van der Waals surface area contributed by atoms with Crippen molar-refractivity contribution in [3.63, 3.8) is 0 Å². The molecule has 2 aliphatic carbocycles. The van der Waals surface area contributed by atoms with Crippen LogP contribution in [0.15, 0.2) is 78.9 Å². The fourth-order valence-electron chi connectivity index (χ4n) is 5.92. The summed E-state index contributed by atoms with van der Waals surface area (Å²) in [6, 6.07) is 15.9. The van der Waals surface area contributed by atoms with Crippen LogP contribution in [-0.2, 0) is 0 Å². The summed E-state index contributed by atoms with van der Waals surface area (Å²) in [5, 5.41) is 6.11. The summed E-state index contributed by atoms with van der Waals surface area (Å²) in [6.45, 7) is 18.3. The van der Waals surface area contributed by atoms with Crippen molar-refractivity contribution in [3.8, 4) is 0 Å². The van der Waals surface area contributed by atoms with Crippen molar-refractivity contribution in [3.05, 3.63) is 105 Å². The van der Waals surface area contributed by atoms with Gasteiger partial charge in [-0.2, -0.15) is 0 Å². The van der Waals surface area contributed by atoms with Crippen LogP contribution in [0.5, 0.6) is 0 Å². The van der Waals surface area contributed by atoms with Gasteiger partial charge >= 0.3 is 0 Å². The summed E-state index contributed by atoms with van der Waals surface area (Å²) in [6.07, 6.45) is 18.2. The molecule has 5 rings (SSSR count). The van der Waals surface area contributed by atoms with Crippen LogP contribution in [0.4, 0.5) is 0 Å². The number of aromatic amines is 1. The molecule has 1 N–H and O–H groups in total. The molecule has 0 saturated heterocycles. The van der Waals surface area contributed by atoms with E-state index in [2.05, 4.69) is 144 Å². The molecule has 1 nitrogen and oxygen atoms in total. The number of hydrogen-bond donors (Lipinski definition) is 1. The molecular formula is C35H39N. The number of benzene rings is 2. The number of H-pyrrole nitrogens is 1. The standard InChI is InChI=1S/C35H39N/c1-23-29-22-26(18-19-31(29)36-30(23)17-12-20-34(2,3)4)33(35(5,6)7)32-27-15-10-8-13-24(27)21-25-14-9-11-16-28(25)32/h8-22,24,27,33,36H,1H2,2-7H3/b20-12+,30-17+. The van der Waals surface area contributed by atoms with E-state index < -0.39 is 0 Å². The number of fused-ring (bicyclic) bond motifs is 3. The summed E-state index contributed by atoms with van der Waals surface area (Å²) in [4.78, 5) is 3.59. The number of hydrogen-bond acceptors (Lipinski definition) is 0. The third-order valence-corrected chi connectivity index (χ3v) is 7.51. The maximum atomic E-state index is 4.47. The molecule has 1 aromatic heterocycles. The molecule has 1 heterocycles. The molecule has 2 aromatic carbocycles. The second-order valence-electron chi connectivity index (χ2n) is 12.6. The fourth-order valence-corrected chi connectivity index (χ4v) is 5.92. The van der Waals surface area contributed by atoms with E-state index in [4.69, 9.17) is 0 Å². The van der Waals surface area contributed by atoms with E-state index in [1.807, 2.05) is 0 Å². The predicted molar refractivity (Wildman–Crippen MR) is 157 cm³/mol. The molecule has 3 atom stereocenters. The van der Waals surface area contributed by atoms with Gasteiger partial charge in [-0.1, -0.05) is 121 Å². The zero-order valence-electron chi connectivity index (χ0n) is 22.6. The third-order valence-electron chi connectivity index (χ3n) is 7.51. The maximum Gasteiger partial charge on any atom is 0.0464 e. The third kappa shape index (κ3) is 4.60. The van der Waals surface area contributed by atoms with Crippen LogP contribution in [0, 0.1) is 22.7 Å². The maximum absolute atomic E-state index is 4.47. The minimum absolute atomic E-state index is 0.0506. The molecule has 0 bridgehead atoms. The van der Waals surface area contributed by atoms with Crippen LogP contribution in [0.3, 0.4) is 0 Å². The second-order valence-corrected chi connectivity index (χ2v) is 12.6. The van der Waals surface area contributed by atoms with E-state index in [9.17, 15) is 0 Å². The molecule has 0 aliphatic heterocycles. The first-order valence-corrected chi connectivity index (χ1v) is 13.2. The van der Waals surface area contributed by atoms with Crippen molar-refractivity contribution in [2.45, 2.75) is 47.5 Å². The van der Waals surface area contributed by atoms with Crippen LogP contribution >= 0.6 is 0 Å². The van der Waals surface area contributed by atoms with E-state index in [0.717, 1.165) is 16.1 Å². The first-order chi connectivity index (χ1) is 17.0. The lowest BCUT2D eigenvalue weighted by molar-refractivity contribution is 0.361. The first-order valence-electron chi connectivity index (χ1n) is 13.2. The monoisotopic (exact) mass is 473 g/mol. The molecule has 0 spiro atoms. The van der Waals surface area contributed by atoms with Crippen molar-refractivity contribution in [2.75, 3.05) is 0 Å². The van der Waals surface area contributed by atoms with Gasteiger partial charge in [-0.05, 0) is 50.6 Å². The van der Waals surface area contributed by atoms with Gasteiger partial charge in [-0.25, -0.2) is 0 Å². The Labute approximate surface area is 215 Å². The summed E-state index contributed by atoms with van der Waals surface area (Å²) < 4.78 is 0. The second kappa shape index (κ2) is 8.96. The van der Waals surface area contributed by atoms with Gasteiger partial charge in [0.2, 0.25) is 0 Å². The van der Waals surface area contributed by atoms with Gasteiger partial charge in [0.05, 0.1) is 0 Å². The Morgan fingerprint density at radius 2 is 1.69 bits per heavy atom. The van der Waals surface area contributed by atoms with Crippen molar-refractivity contribution in [1.82, 2.24) is 4.98 Å². The van der Waals surface area contributed by atoms with Crippen LogP contribution in [-0.4, -0.2) is 4.98 Å². The van der Waals surface area contributed by atoms with Gasteiger partial charge in [-0.3, -0.25) is 0 Å². The van der Waals surface area contributed by atoms with E-state index in [1.54, 1.807) is 0 Å². The lowest BCUT2D eigenvalue weighted by Gasteiger charge is -2.40. The SMILES string of the molecule is C=c1/c(=C\C=C\C(C)(C)C)[nH]c2ccc(C(C3=c4ccccc4=CC4C=CC=CC34)C(C)(C)C)cc12. The summed E-state index contributed by atoms with van der Waals surface area (Å²) in [5.41, 5.74) is 4.25. The van der Waals surface area contributed by atoms with Crippen molar-refractivity contribution in [1.29, 1.82) is 0 Å². The lowest BCUT2D eigenvalue weighted by atomic mass is 9.64. The normalized spacial score (nSPS) is 21.1. The highest BCUT2D eigenvalue weighted by atomic mass is 14.7. The average Bonchev–Trinajstić information content (AvgIpc) is 3.12. The minimum atomic E-state index is 0.0506. The molecular weight excluding hydrogens is 434 g/mol. The zero-order chi connectivity index (χ0) is 25.7. The summed E-state index contributed by atoms with van der Waals surface area (Å²) >= 11 is 0. The van der Waals surface area contributed by atoms with Crippen LogP contribution in [0.1, 0.15) is 53.0 Å². The average molecular weight is 474 g/mol. The van der Waals surface area contributed by atoms with Crippen LogP contribution in [0.2, 0.25) is 0 Å². The van der Waals surface area contributed by atoms with E-state index in [1.165, 1.54) is 27.0 Å². The van der Waals surface area contributed by atoms with E-state index in [-0.39, 0.29) is 16.7 Å². The van der Waals surface area contributed by atoms with Crippen LogP contribution in [0.25, 0.3) is 35.2 Å². The zero-order valence-corrected chi connectivity index (χ0v) is 22.6. The van der Waals surface area contributed by atoms with Gasteiger partial charge in [0.15, 0.2) is 0 Å². The van der Waals surface area contributed by atoms with Gasteiger partial charge in [0.25, 0.3) is 0 Å². The highest BCUT2D eigenvalue weighted by Crippen LogP contribution is 2.47. The Hall–Kier alpha value is -3.32. The van der Waals surface area contributed by atoms with Gasteiger partial charge in [-0.15, -0.1) is 0 Å². The number of aromatic nitrogens is 1. The van der Waals surface area contributed by atoms with Crippen LogP contribution < -0.4 is 21.0 Å². The molecule has 0 saturated carbocycles. The summed E-state index contributed by atoms with van der Waals surface area (Å²) in [7, 11) is 0. The predicted octanol–water partition coefficient (Wildman–Crippen LogP) is 6.09. The Bertz CT molecular complexity index is 1620. The Balaban J connectivity index is 1.72. The Morgan fingerprint density at radius 1 is 0.944 bits per heavy atom. The fraction of sp³-hybridized carbons (Fsp3) is 0.314. The number of allylic oxidation sites excluding steroid dienone is 6. The smallest absolute Gasteiger partial charge is 0.0464 e. The Kier molecular flexibility index (Phi) is 6.07. The largest absolute Gasteiger partial charge is 0.355 e. The van der Waals surface area contributed by atoms with Gasteiger partial charge in [0, 0.05) is 39.2 Å². The molecule has 3 unspecified atom stereocenters. The molecule has 0 fully saturated rings. The van der Waals surface area contributed by atoms with Gasteiger partial charge < -0.3 is 4.98 Å². The Morgan fingerprint density at radius 3 is 2.44 bits per heavy atom. The molecule has 184 valence electrons.